The zero-order valence-corrected chi connectivity index (χ0v) is 16.5. The summed E-state index contributed by atoms with van der Waals surface area (Å²) in [7, 11) is 0. The van der Waals surface area contributed by atoms with Gasteiger partial charge in [-0.05, 0) is 43.4 Å². The Morgan fingerprint density at radius 2 is 2.17 bits per heavy atom. The van der Waals surface area contributed by atoms with E-state index in [1.807, 2.05) is 18.2 Å². The molecule has 1 saturated carbocycles. The summed E-state index contributed by atoms with van der Waals surface area (Å²) in [5.41, 5.74) is 0.189. The normalized spacial score (nSPS) is 21.5. The summed E-state index contributed by atoms with van der Waals surface area (Å²) in [6.07, 6.45) is 6.75. The van der Waals surface area contributed by atoms with Crippen LogP contribution in [0.2, 0.25) is 0 Å². The molecule has 0 aromatic carbocycles. The van der Waals surface area contributed by atoms with Crippen LogP contribution < -0.4 is 5.56 Å². The molecule has 1 amide bonds. The highest BCUT2D eigenvalue weighted by Gasteiger charge is 2.46. The molecule has 9 heteroatoms. The fourth-order valence-corrected chi connectivity index (χ4v) is 4.28. The molecule has 1 saturated heterocycles. The second-order valence-corrected chi connectivity index (χ2v) is 8.20. The molecule has 154 valence electrons. The highest BCUT2D eigenvalue weighted by atomic mass is 16.5. The summed E-state index contributed by atoms with van der Waals surface area (Å²) >= 11 is 0. The monoisotopic (exact) mass is 406 g/mol. The van der Waals surface area contributed by atoms with Crippen molar-refractivity contribution in [3.05, 3.63) is 58.4 Å². The number of hydrogen-bond donors (Lipinski definition) is 1. The zero-order valence-electron chi connectivity index (χ0n) is 16.5. The van der Waals surface area contributed by atoms with E-state index in [4.69, 9.17) is 9.51 Å². The average Bonchev–Trinajstić information content (AvgIpc) is 3.44. The first-order valence-electron chi connectivity index (χ1n) is 10.2. The highest BCUT2D eigenvalue weighted by molar-refractivity contribution is 5.92. The molecule has 1 aliphatic heterocycles. The first-order valence-corrected chi connectivity index (χ1v) is 10.2. The van der Waals surface area contributed by atoms with E-state index in [9.17, 15) is 9.59 Å². The van der Waals surface area contributed by atoms with Crippen molar-refractivity contribution in [2.24, 2.45) is 5.92 Å². The quantitative estimate of drug-likeness (QED) is 0.690. The third-order valence-electron chi connectivity index (χ3n) is 5.92. The highest BCUT2D eigenvalue weighted by Crippen LogP contribution is 2.46. The van der Waals surface area contributed by atoms with Gasteiger partial charge in [-0.1, -0.05) is 24.1 Å². The number of hydrogen-bond acceptors (Lipinski definition) is 7. The van der Waals surface area contributed by atoms with Crippen molar-refractivity contribution >= 4 is 5.91 Å². The van der Waals surface area contributed by atoms with E-state index in [0.717, 1.165) is 19.3 Å². The van der Waals surface area contributed by atoms with Gasteiger partial charge in [0.25, 0.3) is 17.4 Å². The average molecular weight is 406 g/mol. The SMILES string of the molecule is O=C(c1ccc(=O)[nH]n1)N1CCCC(CC2CC2)(c2noc(-c3ccccn3)n2)C1. The standard InChI is InChI=1S/C21H22N6O3/c28-17-8-7-16(24-25-17)19(29)27-11-3-9-21(13-27,12-14-5-6-14)20-23-18(30-26-20)15-4-1-2-10-22-15/h1-2,4,7-8,10,14H,3,5-6,9,11-13H2,(H,25,28). The number of carbonyl (C=O) groups is 1. The fraction of sp³-hybridized carbons (Fsp3) is 0.429. The molecule has 0 spiro atoms. The van der Waals surface area contributed by atoms with E-state index in [1.165, 1.54) is 25.0 Å². The molecule has 2 fully saturated rings. The Hall–Kier alpha value is -3.36. The Kier molecular flexibility index (Phi) is 4.65. The van der Waals surface area contributed by atoms with Crippen molar-refractivity contribution in [2.45, 2.75) is 37.5 Å². The molecule has 1 aliphatic carbocycles. The van der Waals surface area contributed by atoms with E-state index in [-0.39, 0.29) is 22.6 Å². The molecule has 4 heterocycles. The second kappa shape index (κ2) is 7.47. The third-order valence-corrected chi connectivity index (χ3v) is 5.92. The lowest BCUT2D eigenvalue weighted by molar-refractivity contribution is 0.0600. The Balaban J connectivity index is 1.45. The number of piperidine rings is 1. The number of aromatic nitrogens is 5. The van der Waals surface area contributed by atoms with Gasteiger partial charge in [0.05, 0.1) is 5.41 Å². The maximum Gasteiger partial charge on any atom is 0.276 e. The maximum atomic E-state index is 13.0. The van der Waals surface area contributed by atoms with Crippen molar-refractivity contribution in [1.82, 2.24) is 30.2 Å². The smallest absolute Gasteiger partial charge is 0.276 e. The lowest BCUT2D eigenvalue weighted by Crippen LogP contribution is -2.49. The third kappa shape index (κ3) is 3.62. The van der Waals surface area contributed by atoms with Gasteiger partial charge in [0.15, 0.2) is 5.82 Å². The van der Waals surface area contributed by atoms with Gasteiger partial charge < -0.3 is 9.42 Å². The first-order chi connectivity index (χ1) is 14.6. The molecule has 3 aromatic rings. The Morgan fingerprint density at radius 3 is 2.90 bits per heavy atom. The summed E-state index contributed by atoms with van der Waals surface area (Å²) in [6, 6.07) is 8.34. The van der Waals surface area contributed by atoms with E-state index in [1.54, 1.807) is 11.1 Å². The molecule has 2 aliphatic rings. The van der Waals surface area contributed by atoms with Gasteiger partial charge in [-0.25, -0.2) is 5.10 Å². The van der Waals surface area contributed by atoms with E-state index < -0.39 is 0 Å². The van der Waals surface area contributed by atoms with Gasteiger partial charge in [-0.15, -0.1) is 0 Å². The summed E-state index contributed by atoms with van der Waals surface area (Å²) in [4.78, 5) is 35.1. The molecular weight excluding hydrogens is 384 g/mol. The number of nitrogens with zero attached hydrogens (tertiary/aromatic N) is 5. The van der Waals surface area contributed by atoms with E-state index >= 15 is 0 Å². The predicted molar refractivity (Wildman–Crippen MR) is 107 cm³/mol. The van der Waals surface area contributed by atoms with Gasteiger partial charge in [0, 0.05) is 25.4 Å². The van der Waals surface area contributed by atoms with Crippen LogP contribution in [0.5, 0.6) is 0 Å². The molecule has 30 heavy (non-hydrogen) atoms. The molecular formula is C21H22N6O3. The number of H-pyrrole nitrogens is 1. The number of amides is 1. The minimum Gasteiger partial charge on any atom is -0.336 e. The number of aromatic amines is 1. The largest absolute Gasteiger partial charge is 0.336 e. The predicted octanol–water partition coefficient (Wildman–Crippen LogP) is 2.19. The Bertz CT molecular complexity index is 1090. The van der Waals surface area contributed by atoms with Crippen molar-refractivity contribution in [2.75, 3.05) is 13.1 Å². The van der Waals surface area contributed by atoms with Crippen LogP contribution in [-0.4, -0.2) is 49.2 Å². The molecule has 1 atom stereocenters. The van der Waals surface area contributed by atoms with Crippen LogP contribution in [0.25, 0.3) is 11.6 Å². The van der Waals surface area contributed by atoms with Gasteiger partial charge in [-0.2, -0.15) is 10.1 Å². The molecule has 1 unspecified atom stereocenters. The van der Waals surface area contributed by atoms with Crippen LogP contribution in [-0.2, 0) is 5.41 Å². The molecule has 3 aromatic heterocycles. The second-order valence-electron chi connectivity index (χ2n) is 8.20. The number of carbonyl (C=O) groups excluding carboxylic acids is 1. The molecule has 0 radical (unpaired) electrons. The van der Waals surface area contributed by atoms with E-state index in [2.05, 4.69) is 20.3 Å². The number of nitrogens with one attached hydrogen (secondary N) is 1. The lowest BCUT2D eigenvalue weighted by atomic mass is 9.74. The zero-order chi connectivity index (χ0) is 20.6. The molecule has 1 N–H and O–H groups in total. The van der Waals surface area contributed by atoms with Gasteiger partial charge in [-0.3, -0.25) is 14.6 Å². The Labute approximate surface area is 172 Å². The molecule has 0 bridgehead atoms. The number of pyridine rings is 1. The summed E-state index contributed by atoms with van der Waals surface area (Å²) in [6.45, 7) is 1.14. The lowest BCUT2D eigenvalue weighted by Gasteiger charge is -2.41. The Morgan fingerprint density at radius 1 is 1.27 bits per heavy atom. The summed E-state index contributed by atoms with van der Waals surface area (Å²) in [5, 5.41) is 10.6. The van der Waals surface area contributed by atoms with Gasteiger partial charge in [0.2, 0.25) is 0 Å². The van der Waals surface area contributed by atoms with Gasteiger partial charge >= 0.3 is 0 Å². The van der Waals surface area contributed by atoms with Gasteiger partial charge in [0.1, 0.15) is 11.4 Å². The van der Waals surface area contributed by atoms with Crippen LogP contribution >= 0.6 is 0 Å². The van der Waals surface area contributed by atoms with Crippen LogP contribution in [0.15, 0.2) is 45.8 Å². The van der Waals surface area contributed by atoms with Crippen LogP contribution in [0.4, 0.5) is 0 Å². The number of rotatable bonds is 5. The van der Waals surface area contributed by atoms with Crippen molar-refractivity contribution in [3.63, 3.8) is 0 Å². The fourth-order valence-electron chi connectivity index (χ4n) is 4.28. The topological polar surface area (TPSA) is 118 Å². The van der Waals surface area contributed by atoms with Crippen LogP contribution in [0, 0.1) is 5.92 Å². The molecule has 5 rings (SSSR count). The van der Waals surface area contributed by atoms with Crippen molar-refractivity contribution < 1.29 is 9.32 Å². The summed E-state index contributed by atoms with van der Waals surface area (Å²) in [5.74, 6) is 1.47. The maximum absolute atomic E-state index is 13.0. The molecule has 9 nitrogen and oxygen atoms in total. The van der Waals surface area contributed by atoms with Crippen LogP contribution in [0.3, 0.4) is 0 Å². The van der Waals surface area contributed by atoms with Crippen molar-refractivity contribution in [1.29, 1.82) is 0 Å². The summed E-state index contributed by atoms with van der Waals surface area (Å²) < 4.78 is 5.55. The van der Waals surface area contributed by atoms with Crippen LogP contribution in [0.1, 0.15) is 48.4 Å². The van der Waals surface area contributed by atoms with Crippen molar-refractivity contribution in [3.8, 4) is 11.6 Å². The van der Waals surface area contributed by atoms with E-state index in [0.29, 0.717) is 36.4 Å². The number of likely N-dealkylation sites (tertiary alicyclic amines) is 1. The minimum atomic E-state index is -0.353. The first kappa shape index (κ1) is 18.7. The minimum absolute atomic E-state index is 0.195.